The first kappa shape index (κ1) is 59.2. The van der Waals surface area contributed by atoms with Crippen LogP contribution in [0.25, 0.3) is 136 Å². The van der Waals surface area contributed by atoms with Gasteiger partial charge in [-0.1, -0.05) is 298 Å². The summed E-state index contributed by atoms with van der Waals surface area (Å²) in [4.78, 5) is 4.78. The van der Waals surface area contributed by atoms with Crippen molar-refractivity contribution in [2.75, 3.05) is 9.80 Å². The van der Waals surface area contributed by atoms with Crippen molar-refractivity contribution in [3.8, 4) is 50.4 Å². The highest BCUT2D eigenvalue weighted by molar-refractivity contribution is 7.26. The molecule has 117 heavy (non-hydrogen) atoms. The number of hydrogen-bond donors (Lipinski definition) is 0. The van der Waals surface area contributed by atoms with Crippen molar-refractivity contribution >= 4 is 131 Å². The van der Waals surface area contributed by atoms with Gasteiger partial charge in [0.1, 0.15) is 0 Å². The lowest BCUT2D eigenvalue weighted by Gasteiger charge is -2.46. The molecule has 4 aromatic heterocycles. The zero-order valence-electron chi connectivity index (χ0n) is 81.7. The molecule has 0 amide bonds. The molecule has 6 heteroatoms. The van der Waals surface area contributed by atoms with Gasteiger partial charge < -0.3 is 23.5 Å². The van der Waals surface area contributed by atoms with E-state index in [4.69, 9.17) is 1.37 Å². The number of hydrogen-bond acceptors (Lipinski definition) is 3. The van der Waals surface area contributed by atoms with Crippen molar-refractivity contribution in [3.63, 3.8) is 0 Å². The minimum atomic E-state index is -0.732. The lowest BCUT2D eigenvalue weighted by molar-refractivity contribution is 0.590. The first-order chi connectivity index (χ1) is 61.6. The van der Waals surface area contributed by atoms with Gasteiger partial charge in [-0.2, -0.15) is 0 Å². The first-order valence-corrected chi connectivity index (χ1v) is 41.5. The summed E-state index contributed by atoms with van der Waals surface area (Å²) >= 11 is 1.73. The van der Waals surface area contributed by atoms with Gasteiger partial charge >= 0.3 is 0 Å². The predicted molar refractivity (Wildman–Crippen MR) is 502 cm³/mol. The Balaban J connectivity index is 0.964. The normalized spacial score (nSPS) is 15.5. The van der Waals surface area contributed by atoms with E-state index in [1.165, 1.54) is 21.9 Å². The third kappa shape index (κ3) is 11.4. The highest BCUT2D eigenvalue weighted by Crippen LogP contribution is 2.65. The van der Waals surface area contributed by atoms with E-state index in [1.54, 1.807) is 15.9 Å². The molecule has 1 atom stereocenters. The molecule has 0 bridgehead atoms. The molecule has 0 spiro atoms. The molecular formula is C111H97N5S. The van der Waals surface area contributed by atoms with Gasteiger partial charge in [0.05, 0.1) is 106 Å². The van der Waals surface area contributed by atoms with E-state index >= 15 is 0 Å². The molecular weight excluding hydrogens is 1440 g/mol. The monoisotopic (exact) mass is 1540 g/mol. The number of aromatic nitrogens is 3. The zero-order valence-corrected chi connectivity index (χ0v) is 69.5. The van der Waals surface area contributed by atoms with Crippen LogP contribution in [0.15, 0.2) is 309 Å². The fourth-order valence-electron chi connectivity index (χ4n) is 18.5. The van der Waals surface area contributed by atoms with Gasteiger partial charge in [0.2, 0.25) is 0 Å². The maximum absolute atomic E-state index is 10.00. The minimum absolute atomic E-state index is 0.0267. The molecule has 0 saturated carbocycles. The molecule has 2 aliphatic heterocycles. The van der Waals surface area contributed by atoms with Gasteiger partial charge in [-0.3, -0.25) is 0 Å². The second-order valence-electron chi connectivity index (χ2n) is 37.2. The Morgan fingerprint density at radius 3 is 1.16 bits per heavy atom. The number of thiophene rings is 1. The van der Waals surface area contributed by atoms with Crippen LogP contribution in [0, 0.1) is 0 Å². The smallest absolute Gasteiger partial charge is 0.0645 e. The lowest BCUT2D eigenvalue weighted by Crippen LogP contribution is -2.30. The van der Waals surface area contributed by atoms with Crippen molar-refractivity contribution in [3.05, 3.63) is 354 Å². The van der Waals surface area contributed by atoms with Crippen molar-refractivity contribution in [1.82, 2.24) is 13.7 Å². The Labute approximate surface area is 709 Å². The number of nitrogens with zero attached hydrogens (tertiary/aromatic N) is 5. The Morgan fingerprint density at radius 1 is 0.265 bits per heavy atom. The fourth-order valence-corrected chi connectivity index (χ4v) is 19.8. The van der Waals surface area contributed by atoms with Crippen LogP contribution in [-0.2, 0) is 27.1 Å². The number of para-hydroxylation sites is 2. The van der Waals surface area contributed by atoms with Crippen LogP contribution in [0.5, 0.6) is 0 Å². The van der Waals surface area contributed by atoms with Crippen LogP contribution in [0.1, 0.15) is 172 Å². The van der Waals surface area contributed by atoms with Crippen LogP contribution >= 0.6 is 11.3 Å². The third-order valence-electron chi connectivity index (χ3n) is 24.7. The van der Waals surface area contributed by atoms with Gasteiger partial charge in [-0.05, 0) is 203 Å². The molecule has 2 aliphatic rings. The zero-order chi connectivity index (χ0) is 91.6. The van der Waals surface area contributed by atoms with E-state index in [0.717, 1.165) is 143 Å². The average molecular weight is 1550 g/mol. The topological polar surface area (TPSA) is 21.3 Å². The summed E-state index contributed by atoms with van der Waals surface area (Å²) in [5, 5.41) is 6.41. The van der Waals surface area contributed by atoms with E-state index in [1.807, 2.05) is 36.4 Å². The van der Waals surface area contributed by atoms with Crippen LogP contribution < -0.4 is 9.80 Å². The Hall–Kier alpha value is -12.5. The first-order valence-electron chi connectivity index (χ1n) is 47.2. The summed E-state index contributed by atoms with van der Waals surface area (Å²) in [7, 11) is 0. The molecule has 0 saturated heterocycles. The Bertz CT molecular complexity index is 7870. The number of rotatable bonds is 8. The number of fused-ring (bicyclic) bond motifs is 16. The average Bonchev–Trinajstić information content (AvgIpc) is 1.65. The molecule has 21 rings (SSSR count). The minimum Gasteiger partial charge on any atom is -0.309 e. The summed E-state index contributed by atoms with van der Waals surface area (Å²) in [6.45, 7) is 33.8. The maximum atomic E-state index is 10.00. The lowest BCUT2D eigenvalue weighted by atomic mass is 9.74. The van der Waals surface area contributed by atoms with Gasteiger partial charge in [0, 0.05) is 71.4 Å². The Kier molecular flexibility index (Phi) is 13.2. The van der Waals surface area contributed by atoms with Crippen LogP contribution in [0.3, 0.4) is 0 Å². The molecule has 1 unspecified atom stereocenters. The third-order valence-corrected chi connectivity index (χ3v) is 26.0. The van der Waals surface area contributed by atoms with E-state index < -0.39 is 77.8 Å². The number of anilines is 6. The second kappa shape index (κ2) is 26.0. The largest absolute Gasteiger partial charge is 0.309 e. The van der Waals surface area contributed by atoms with Gasteiger partial charge in [-0.15, -0.1) is 11.3 Å². The van der Waals surface area contributed by atoms with E-state index in [0.29, 0.717) is 22.6 Å². The molecule has 572 valence electrons. The standard InChI is InChI=1S/C111H97N5S/c1-107(2,3)71-46-53-92-86(58-71)87-59-72(108(4,5)6)47-54-93(87)113(92)77-65-100-103-101(66-77)116(104-84(68-33-21-17-22-34-68)62-75(111(13,14)15)63-85(104)69-35-23-18-24-36-69)99-64-76(112-90-41-27-25-37-78(90)79-38-26-28-42-91(79)112)50-52-83(99)102(103)82-51-45-70(67-31-19-16-20-32-67)57-98(82)115(100)97-44-30-40-81-80-39-29-43-96(105(80)117-106(81)97)114-94-55-48-73(109(7,8)9)60-88(94)89-61-74(110(10,11)12)49-56-95(89)114/h16-66,102H,1-15H3/i16D,19D,20D,25D,26D,27D,28D,31D,32D,37D,38D,41D,42D. The van der Waals surface area contributed by atoms with Gasteiger partial charge in [0.25, 0.3) is 0 Å². The van der Waals surface area contributed by atoms with Crippen LogP contribution in [0.2, 0.25) is 0 Å². The van der Waals surface area contributed by atoms with Crippen molar-refractivity contribution in [2.24, 2.45) is 0 Å². The SMILES string of the molecule is [2H]c1c([2H])c([2H])c(-c2ccc3c(c2)N(c2cccc4c2sc2c(-n5c6ccc(C(C)(C)C)cc6c6cc(C(C)(C)C)ccc65)cccc24)c2cc(-n4c5ccc(C(C)(C)C)cc5c5cc(C(C)(C)C)ccc54)cc4c2C3c2ccc(-n3c5c([2H])c([2H])c([2H])c([2H])c5c5c([2H])c([2H])c([2H])c([2H])c53)cc2N4c2c(-c3ccccc3)cc(C(C)(C)C)cc2-c2ccccc2)c([2H])c1[2H]. The highest BCUT2D eigenvalue weighted by Gasteiger charge is 2.44. The maximum Gasteiger partial charge on any atom is 0.0645 e. The molecule has 0 fully saturated rings. The fraction of sp³-hybridized carbons (Fsp3) is 0.189. The number of benzene rings is 15. The predicted octanol–water partition coefficient (Wildman–Crippen LogP) is 31.6. The summed E-state index contributed by atoms with van der Waals surface area (Å²) in [5.74, 6) is -0.732. The highest BCUT2D eigenvalue weighted by atomic mass is 32.1. The molecule has 0 N–H and O–H groups in total. The molecule has 0 aliphatic carbocycles. The molecule has 0 radical (unpaired) electrons. The summed E-state index contributed by atoms with van der Waals surface area (Å²) < 4.78 is 132. The van der Waals surface area contributed by atoms with E-state index in [-0.39, 0.29) is 61.1 Å². The molecule has 6 heterocycles. The summed E-state index contributed by atoms with van der Waals surface area (Å²) in [5.41, 5.74) is 21.8. The van der Waals surface area contributed by atoms with Crippen LogP contribution in [-0.4, -0.2) is 13.7 Å². The summed E-state index contributed by atoms with van der Waals surface area (Å²) in [6, 6.07) is 77.0. The summed E-state index contributed by atoms with van der Waals surface area (Å²) in [6.07, 6.45) is 0. The van der Waals surface area contributed by atoms with Crippen LogP contribution in [0.4, 0.5) is 34.1 Å². The van der Waals surface area contributed by atoms with E-state index in [2.05, 4.69) is 317 Å². The Morgan fingerprint density at radius 2 is 0.675 bits per heavy atom. The van der Waals surface area contributed by atoms with E-state index in [9.17, 15) is 16.4 Å². The van der Waals surface area contributed by atoms with Gasteiger partial charge in [0.15, 0.2) is 0 Å². The van der Waals surface area contributed by atoms with Crippen molar-refractivity contribution in [2.45, 2.75) is 137 Å². The molecule has 5 nitrogen and oxygen atoms in total. The van der Waals surface area contributed by atoms with Crippen molar-refractivity contribution in [1.29, 1.82) is 0 Å². The van der Waals surface area contributed by atoms with Gasteiger partial charge in [-0.25, -0.2) is 0 Å². The van der Waals surface area contributed by atoms with Crippen molar-refractivity contribution < 1.29 is 17.8 Å². The second-order valence-corrected chi connectivity index (χ2v) is 38.2. The quantitative estimate of drug-likeness (QED) is 0.151. The molecule has 15 aromatic carbocycles. The molecule has 19 aromatic rings.